The Balaban J connectivity index is 1.34. The third-order valence-electron chi connectivity index (χ3n) is 4.26. The van der Waals surface area contributed by atoms with Gasteiger partial charge in [0.2, 0.25) is 11.0 Å². The van der Waals surface area contributed by atoms with Crippen molar-refractivity contribution in [3.05, 3.63) is 54.1 Å². The predicted molar refractivity (Wildman–Crippen MR) is 108 cm³/mol. The van der Waals surface area contributed by atoms with Crippen LogP contribution in [-0.4, -0.2) is 46.4 Å². The van der Waals surface area contributed by atoms with Crippen LogP contribution in [0.4, 0.5) is 18.3 Å². The van der Waals surface area contributed by atoms with Gasteiger partial charge in [0, 0.05) is 31.3 Å². The van der Waals surface area contributed by atoms with E-state index < -0.39 is 18.0 Å². The minimum atomic E-state index is -4.74. The topological polar surface area (TPSA) is 110 Å². The molecule has 13 heteroatoms. The molecule has 3 heterocycles. The van der Waals surface area contributed by atoms with Gasteiger partial charge in [-0.05, 0) is 24.3 Å². The highest BCUT2D eigenvalue weighted by atomic mass is 32.1. The summed E-state index contributed by atoms with van der Waals surface area (Å²) in [7, 11) is 1.81. The number of amides is 1. The lowest BCUT2D eigenvalue weighted by molar-refractivity contribution is -0.159. The van der Waals surface area contributed by atoms with E-state index in [-0.39, 0.29) is 17.0 Å². The van der Waals surface area contributed by atoms with Crippen molar-refractivity contribution >= 4 is 22.4 Å². The zero-order chi connectivity index (χ0) is 22.7. The number of hydrogen-bond donors (Lipinski definition) is 1. The first-order valence-corrected chi connectivity index (χ1v) is 10.0. The summed E-state index contributed by atoms with van der Waals surface area (Å²) in [6, 6.07) is 9.49. The van der Waals surface area contributed by atoms with Crippen molar-refractivity contribution in [2.24, 2.45) is 0 Å². The van der Waals surface area contributed by atoms with Gasteiger partial charge >= 0.3 is 12.1 Å². The SMILES string of the molecule is CN(CCNC(=O)c1cccc(-c2noc(C(F)(F)F)n2)c1)c1nnc(-c2ccco2)s1. The summed E-state index contributed by atoms with van der Waals surface area (Å²) in [6.45, 7) is 0.758. The number of aromatic nitrogens is 4. The molecule has 4 aromatic rings. The van der Waals surface area contributed by atoms with Crippen LogP contribution >= 0.6 is 11.3 Å². The van der Waals surface area contributed by atoms with Crippen LogP contribution in [0, 0.1) is 0 Å². The average molecular weight is 464 g/mol. The minimum Gasteiger partial charge on any atom is -0.462 e. The molecule has 9 nitrogen and oxygen atoms in total. The summed E-state index contributed by atoms with van der Waals surface area (Å²) in [6.07, 6.45) is -3.18. The molecule has 0 atom stereocenters. The average Bonchev–Trinajstić information content (AvgIpc) is 3.54. The first-order valence-electron chi connectivity index (χ1n) is 9.19. The number of anilines is 1. The standard InChI is InChI=1S/C19H15F3N6O3S/c1-28(18-26-25-16(32-18)13-6-3-9-30-13)8-7-23-15(29)12-5-2-4-11(10-12)14-24-17(31-27-14)19(20,21)22/h2-6,9-10H,7-8H2,1H3,(H,23,29). The summed E-state index contributed by atoms with van der Waals surface area (Å²) in [5.41, 5.74) is 0.480. The van der Waals surface area contributed by atoms with E-state index in [0.717, 1.165) is 0 Å². The Morgan fingerprint density at radius 3 is 2.78 bits per heavy atom. The number of rotatable bonds is 7. The lowest BCUT2D eigenvalue weighted by Crippen LogP contribution is -2.33. The number of carbonyl (C=O) groups excluding carboxylic acids is 1. The Hall–Kier alpha value is -3.74. The minimum absolute atomic E-state index is 0.230. The maximum atomic E-state index is 12.6. The van der Waals surface area contributed by atoms with Gasteiger partial charge in [0.15, 0.2) is 10.8 Å². The zero-order valence-electron chi connectivity index (χ0n) is 16.5. The Kier molecular flexibility index (Phi) is 5.90. The van der Waals surface area contributed by atoms with E-state index >= 15 is 0 Å². The first-order chi connectivity index (χ1) is 15.3. The molecule has 1 amide bonds. The number of nitrogens with one attached hydrogen (secondary N) is 1. The molecule has 0 saturated heterocycles. The van der Waals surface area contributed by atoms with E-state index in [0.29, 0.717) is 29.0 Å². The van der Waals surface area contributed by atoms with Gasteiger partial charge in [0.05, 0.1) is 6.26 Å². The molecular weight excluding hydrogens is 449 g/mol. The highest BCUT2D eigenvalue weighted by Gasteiger charge is 2.38. The summed E-state index contributed by atoms with van der Waals surface area (Å²) in [5, 5.41) is 15.6. The smallest absolute Gasteiger partial charge is 0.462 e. The lowest BCUT2D eigenvalue weighted by atomic mass is 10.1. The summed E-state index contributed by atoms with van der Waals surface area (Å²) < 4.78 is 47.5. The second-order valence-electron chi connectivity index (χ2n) is 6.55. The van der Waals surface area contributed by atoms with Crippen LogP contribution in [0.2, 0.25) is 0 Å². The Morgan fingerprint density at radius 1 is 1.22 bits per heavy atom. The Labute approximate surface area is 182 Å². The van der Waals surface area contributed by atoms with Crippen molar-refractivity contribution in [1.29, 1.82) is 0 Å². The van der Waals surface area contributed by atoms with Gasteiger partial charge in [-0.2, -0.15) is 18.2 Å². The molecule has 0 aliphatic carbocycles. The van der Waals surface area contributed by atoms with E-state index in [1.165, 1.54) is 35.6 Å². The van der Waals surface area contributed by atoms with E-state index in [2.05, 4.69) is 30.2 Å². The maximum Gasteiger partial charge on any atom is 0.471 e. The van der Waals surface area contributed by atoms with Crippen LogP contribution in [0.15, 0.2) is 51.6 Å². The molecule has 0 unspecified atom stereocenters. The fraction of sp³-hybridized carbons (Fsp3) is 0.211. The number of carbonyl (C=O) groups is 1. The van der Waals surface area contributed by atoms with Crippen molar-refractivity contribution < 1.29 is 26.9 Å². The van der Waals surface area contributed by atoms with Gasteiger partial charge in [0.25, 0.3) is 5.91 Å². The van der Waals surface area contributed by atoms with Gasteiger partial charge in [0.1, 0.15) is 0 Å². The molecule has 0 radical (unpaired) electrons. The quantitative estimate of drug-likeness (QED) is 0.441. The maximum absolute atomic E-state index is 12.6. The van der Waals surface area contributed by atoms with E-state index in [1.807, 2.05) is 11.9 Å². The summed E-state index contributed by atoms with van der Waals surface area (Å²) in [5.74, 6) is -1.47. The van der Waals surface area contributed by atoms with Gasteiger partial charge in [-0.25, -0.2) is 0 Å². The molecule has 32 heavy (non-hydrogen) atoms. The van der Waals surface area contributed by atoms with Crippen LogP contribution in [0.5, 0.6) is 0 Å². The normalized spacial score (nSPS) is 11.5. The highest BCUT2D eigenvalue weighted by Crippen LogP contribution is 2.30. The molecule has 0 saturated carbocycles. The second-order valence-corrected chi connectivity index (χ2v) is 7.50. The molecule has 1 aromatic carbocycles. The van der Waals surface area contributed by atoms with Crippen molar-refractivity contribution in [3.8, 4) is 22.2 Å². The van der Waals surface area contributed by atoms with E-state index in [1.54, 1.807) is 18.4 Å². The second kappa shape index (κ2) is 8.78. The number of benzene rings is 1. The largest absolute Gasteiger partial charge is 0.471 e. The summed E-state index contributed by atoms with van der Waals surface area (Å²) >= 11 is 1.35. The molecule has 0 spiro atoms. The number of nitrogens with zero attached hydrogens (tertiary/aromatic N) is 5. The van der Waals surface area contributed by atoms with Crippen LogP contribution in [0.25, 0.3) is 22.2 Å². The summed E-state index contributed by atoms with van der Waals surface area (Å²) in [4.78, 5) is 17.6. The fourth-order valence-electron chi connectivity index (χ4n) is 2.66. The molecule has 0 fully saturated rings. The molecular formula is C19H15F3N6O3S. The molecule has 4 rings (SSSR count). The fourth-order valence-corrected chi connectivity index (χ4v) is 3.46. The molecule has 0 aliphatic heterocycles. The number of hydrogen-bond acceptors (Lipinski definition) is 9. The monoisotopic (exact) mass is 464 g/mol. The highest BCUT2D eigenvalue weighted by molar-refractivity contribution is 7.18. The third-order valence-corrected chi connectivity index (χ3v) is 5.31. The van der Waals surface area contributed by atoms with Crippen molar-refractivity contribution in [2.45, 2.75) is 6.18 Å². The van der Waals surface area contributed by atoms with Gasteiger partial charge < -0.3 is 19.2 Å². The lowest BCUT2D eigenvalue weighted by Gasteiger charge is -2.15. The number of alkyl halides is 3. The van der Waals surface area contributed by atoms with Gasteiger partial charge in [-0.3, -0.25) is 4.79 Å². The first kappa shape index (κ1) is 21.5. The van der Waals surface area contributed by atoms with E-state index in [4.69, 9.17) is 4.42 Å². The third kappa shape index (κ3) is 4.77. The van der Waals surface area contributed by atoms with Crippen LogP contribution in [-0.2, 0) is 6.18 Å². The van der Waals surface area contributed by atoms with Crippen LogP contribution in [0.3, 0.4) is 0 Å². The van der Waals surface area contributed by atoms with Crippen molar-refractivity contribution in [3.63, 3.8) is 0 Å². The molecule has 1 N–H and O–H groups in total. The molecule has 0 aliphatic rings. The molecule has 0 bridgehead atoms. The Morgan fingerprint density at radius 2 is 2.06 bits per heavy atom. The van der Waals surface area contributed by atoms with Crippen molar-refractivity contribution in [2.75, 3.05) is 25.0 Å². The van der Waals surface area contributed by atoms with Crippen molar-refractivity contribution in [1.82, 2.24) is 25.7 Å². The Bertz CT molecular complexity index is 1210. The van der Waals surface area contributed by atoms with Gasteiger partial charge in [-0.15, -0.1) is 10.2 Å². The molecule has 3 aromatic heterocycles. The molecule has 166 valence electrons. The van der Waals surface area contributed by atoms with Crippen LogP contribution in [0.1, 0.15) is 16.2 Å². The number of halogens is 3. The zero-order valence-corrected chi connectivity index (χ0v) is 17.3. The van der Waals surface area contributed by atoms with Crippen LogP contribution < -0.4 is 10.2 Å². The number of furan rings is 1. The number of likely N-dealkylation sites (N-methyl/N-ethyl adjacent to an activating group) is 1. The van der Waals surface area contributed by atoms with Gasteiger partial charge in [-0.1, -0.05) is 28.6 Å². The van der Waals surface area contributed by atoms with E-state index in [9.17, 15) is 18.0 Å². The predicted octanol–water partition coefficient (Wildman–Crippen LogP) is 3.73.